The molecule has 4 nitrogen and oxygen atoms in total. The molecule has 0 amide bonds. The third-order valence-electron chi connectivity index (χ3n) is 2.32. The van der Waals surface area contributed by atoms with E-state index in [4.69, 9.17) is 15.6 Å². The van der Waals surface area contributed by atoms with Crippen LogP contribution in [0.15, 0.2) is 0 Å². The van der Waals surface area contributed by atoms with E-state index in [0.29, 0.717) is 6.42 Å². The Bertz CT molecular complexity index is 131. The van der Waals surface area contributed by atoms with Gasteiger partial charge in [-0.25, -0.2) is 0 Å². The van der Waals surface area contributed by atoms with Gasteiger partial charge in [0.05, 0.1) is 12.2 Å². The molecule has 1 aliphatic carbocycles. The molecule has 0 aromatic rings. The normalized spacial score (nSPS) is 44.7. The van der Waals surface area contributed by atoms with Gasteiger partial charge in [0.2, 0.25) is 0 Å². The number of hydrogen-bond acceptors (Lipinski definition) is 4. The number of hydrogen-bond donors (Lipinski definition) is 3. The minimum absolute atomic E-state index is 0.0191. The van der Waals surface area contributed by atoms with Crippen LogP contribution in [0.2, 0.25) is 0 Å². The van der Waals surface area contributed by atoms with Gasteiger partial charge in [0, 0.05) is 25.7 Å². The quantitative estimate of drug-likeness (QED) is 0.470. The van der Waals surface area contributed by atoms with E-state index in [1.165, 1.54) is 7.11 Å². The molecule has 4 atom stereocenters. The first kappa shape index (κ1) is 8.93. The Labute approximate surface area is 66.0 Å². The number of methoxy groups -OCH3 is 1. The molecule has 1 saturated carbocycles. The second kappa shape index (κ2) is 3.49. The molecule has 0 bridgehead atoms. The van der Waals surface area contributed by atoms with E-state index in [1.807, 2.05) is 0 Å². The van der Waals surface area contributed by atoms with E-state index < -0.39 is 6.10 Å². The molecule has 1 fully saturated rings. The summed E-state index contributed by atoms with van der Waals surface area (Å²) in [6.07, 6.45) is -0.289. The Morgan fingerprint density at radius 1 is 1.64 bits per heavy atom. The van der Waals surface area contributed by atoms with E-state index in [0.717, 1.165) is 0 Å². The Hall–Kier alpha value is -0.160. The average molecular weight is 161 g/mol. The minimum Gasteiger partial charge on any atom is -0.396 e. The maximum atomic E-state index is 9.45. The number of aliphatic hydroxyl groups is 2. The summed E-state index contributed by atoms with van der Waals surface area (Å²) in [7, 11) is 1.52. The van der Waals surface area contributed by atoms with Gasteiger partial charge in [0.1, 0.15) is 0 Å². The van der Waals surface area contributed by atoms with Crippen LogP contribution in [-0.2, 0) is 4.74 Å². The molecule has 0 aromatic carbocycles. The minimum atomic E-state index is -0.611. The van der Waals surface area contributed by atoms with Crippen molar-refractivity contribution in [3.8, 4) is 0 Å². The smallest absolute Gasteiger partial charge is 0.0984 e. The molecular weight excluding hydrogens is 146 g/mol. The Balaban J connectivity index is 2.55. The second-order valence-corrected chi connectivity index (χ2v) is 3.03. The van der Waals surface area contributed by atoms with Gasteiger partial charge in [-0.15, -0.1) is 0 Å². The van der Waals surface area contributed by atoms with Gasteiger partial charge in [-0.05, 0) is 6.42 Å². The summed E-state index contributed by atoms with van der Waals surface area (Å²) in [6, 6.07) is -0.146. The summed E-state index contributed by atoms with van der Waals surface area (Å²) >= 11 is 0. The molecule has 4 heteroatoms. The molecule has 11 heavy (non-hydrogen) atoms. The number of rotatable bonds is 2. The maximum Gasteiger partial charge on any atom is 0.0984 e. The third-order valence-corrected chi connectivity index (χ3v) is 2.32. The Kier molecular flexibility index (Phi) is 2.84. The van der Waals surface area contributed by atoms with E-state index >= 15 is 0 Å². The van der Waals surface area contributed by atoms with Crippen LogP contribution in [0.25, 0.3) is 0 Å². The van der Waals surface area contributed by atoms with Gasteiger partial charge in [-0.3, -0.25) is 0 Å². The van der Waals surface area contributed by atoms with Crippen LogP contribution in [0.4, 0.5) is 0 Å². The summed E-state index contributed by atoms with van der Waals surface area (Å²) < 4.78 is 4.98. The molecule has 1 aliphatic rings. The van der Waals surface area contributed by atoms with Gasteiger partial charge in [0.25, 0.3) is 0 Å². The van der Waals surface area contributed by atoms with Crippen molar-refractivity contribution in [2.24, 2.45) is 11.7 Å². The zero-order valence-corrected chi connectivity index (χ0v) is 6.60. The lowest BCUT2D eigenvalue weighted by atomic mass is 10.1. The molecule has 0 saturated heterocycles. The van der Waals surface area contributed by atoms with E-state index in [9.17, 15) is 5.11 Å². The molecule has 0 aromatic heterocycles. The van der Waals surface area contributed by atoms with Crippen LogP contribution in [0.5, 0.6) is 0 Å². The first-order chi connectivity index (χ1) is 5.20. The highest BCUT2D eigenvalue weighted by Crippen LogP contribution is 2.26. The molecule has 0 unspecified atom stereocenters. The topological polar surface area (TPSA) is 75.7 Å². The number of nitrogens with two attached hydrogens (primary N) is 1. The standard InChI is InChI=1S/C7H15NO3/c1-11-7-5(8)2-4(3-9)6(7)10/h4-7,9-10H,2-3,8H2,1H3/t4-,5-,6-,7+/m1/s1. The fraction of sp³-hybridized carbons (Fsp3) is 1.00. The van der Waals surface area contributed by atoms with Crippen molar-refractivity contribution in [1.82, 2.24) is 0 Å². The fourth-order valence-electron chi connectivity index (χ4n) is 1.64. The zero-order valence-electron chi connectivity index (χ0n) is 6.60. The summed E-state index contributed by atoms with van der Waals surface area (Å²) in [4.78, 5) is 0. The van der Waals surface area contributed by atoms with Crippen LogP contribution in [-0.4, -0.2) is 42.2 Å². The van der Waals surface area contributed by atoms with Gasteiger partial charge in [0.15, 0.2) is 0 Å². The highest BCUT2D eigenvalue weighted by molar-refractivity contribution is 4.94. The summed E-state index contributed by atoms with van der Waals surface area (Å²) in [5.41, 5.74) is 5.65. The zero-order chi connectivity index (χ0) is 8.43. The second-order valence-electron chi connectivity index (χ2n) is 3.03. The van der Waals surface area contributed by atoms with Crippen LogP contribution in [0.3, 0.4) is 0 Å². The lowest BCUT2D eigenvalue weighted by Gasteiger charge is -2.17. The van der Waals surface area contributed by atoms with Crippen molar-refractivity contribution in [3.05, 3.63) is 0 Å². The van der Waals surface area contributed by atoms with E-state index in [2.05, 4.69) is 0 Å². The largest absolute Gasteiger partial charge is 0.396 e. The Morgan fingerprint density at radius 2 is 2.27 bits per heavy atom. The monoisotopic (exact) mass is 161 g/mol. The summed E-state index contributed by atoms with van der Waals surface area (Å²) in [5, 5.41) is 18.3. The lowest BCUT2D eigenvalue weighted by molar-refractivity contribution is -0.0217. The number of aliphatic hydroxyl groups excluding tert-OH is 2. The van der Waals surface area contributed by atoms with Crippen molar-refractivity contribution < 1.29 is 14.9 Å². The van der Waals surface area contributed by atoms with Crippen molar-refractivity contribution in [3.63, 3.8) is 0 Å². The van der Waals surface area contributed by atoms with Crippen LogP contribution < -0.4 is 5.73 Å². The lowest BCUT2D eigenvalue weighted by Crippen LogP contribution is -2.37. The first-order valence-corrected chi connectivity index (χ1v) is 3.78. The molecule has 0 spiro atoms. The van der Waals surface area contributed by atoms with Crippen LogP contribution in [0, 0.1) is 5.92 Å². The van der Waals surface area contributed by atoms with Gasteiger partial charge in [-0.1, -0.05) is 0 Å². The van der Waals surface area contributed by atoms with Crippen molar-refractivity contribution in [2.75, 3.05) is 13.7 Å². The van der Waals surface area contributed by atoms with Gasteiger partial charge < -0.3 is 20.7 Å². The Morgan fingerprint density at radius 3 is 2.55 bits per heavy atom. The average Bonchev–Trinajstić information content (AvgIpc) is 2.26. The highest BCUT2D eigenvalue weighted by atomic mass is 16.5. The van der Waals surface area contributed by atoms with Crippen LogP contribution in [0.1, 0.15) is 6.42 Å². The van der Waals surface area contributed by atoms with E-state index in [-0.39, 0.29) is 24.7 Å². The first-order valence-electron chi connectivity index (χ1n) is 3.78. The summed E-state index contributed by atoms with van der Waals surface area (Å²) in [5.74, 6) is -0.116. The molecule has 66 valence electrons. The molecule has 1 rings (SSSR count). The predicted molar refractivity (Wildman–Crippen MR) is 40.0 cm³/mol. The SMILES string of the molecule is CO[C@@H]1[C@H](O)[C@@H](CO)C[C@H]1N. The highest BCUT2D eigenvalue weighted by Gasteiger charge is 2.40. The maximum absolute atomic E-state index is 9.45. The van der Waals surface area contributed by atoms with Gasteiger partial charge >= 0.3 is 0 Å². The molecular formula is C7H15NO3. The van der Waals surface area contributed by atoms with Crippen molar-refractivity contribution in [1.29, 1.82) is 0 Å². The van der Waals surface area contributed by atoms with Crippen molar-refractivity contribution in [2.45, 2.75) is 24.7 Å². The summed E-state index contributed by atoms with van der Waals surface area (Å²) in [6.45, 7) is -0.0191. The molecule has 0 heterocycles. The predicted octanol–water partition coefficient (Wildman–Crippen LogP) is -1.30. The third kappa shape index (κ3) is 1.54. The van der Waals surface area contributed by atoms with Gasteiger partial charge in [-0.2, -0.15) is 0 Å². The number of ether oxygens (including phenoxy) is 1. The van der Waals surface area contributed by atoms with Crippen molar-refractivity contribution >= 4 is 0 Å². The van der Waals surface area contributed by atoms with E-state index in [1.54, 1.807) is 0 Å². The fourth-order valence-corrected chi connectivity index (χ4v) is 1.64. The molecule has 0 aliphatic heterocycles. The van der Waals surface area contributed by atoms with Crippen LogP contribution >= 0.6 is 0 Å². The molecule has 4 N–H and O–H groups in total. The molecule has 0 radical (unpaired) electrons.